The Labute approximate surface area is 130 Å². The Kier molecular flexibility index (Phi) is 4.36. The lowest BCUT2D eigenvalue weighted by molar-refractivity contribution is 0.249. The van der Waals surface area contributed by atoms with Gasteiger partial charge in [0, 0.05) is 49.5 Å². The molecule has 1 aromatic heterocycles. The first-order chi connectivity index (χ1) is 10.2. The molecule has 0 saturated carbocycles. The van der Waals surface area contributed by atoms with Gasteiger partial charge >= 0.3 is 0 Å². The van der Waals surface area contributed by atoms with Crippen LogP contribution in [0, 0.1) is 6.92 Å². The molecule has 2 heterocycles. The fourth-order valence-corrected chi connectivity index (χ4v) is 2.82. The zero-order valence-corrected chi connectivity index (χ0v) is 12.9. The number of halogens is 1. The molecule has 0 bridgehead atoms. The molecule has 3 rings (SSSR count). The molecule has 1 aromatic carbocycles. The average molecular weight is 303 g/mol. The van der Waals surface area contributed by atoms with Crippen molar-refractivity contribution in [2.24, 2.45) is 0 Å². The average Bonchev–Trinajstić information content (AvgIpc) is 2.51. The second-order valence-electron chi connectivity index (χ2n) is 5.42. The predicted octanol–water partition coefficient (Wildman–Crippen LogP) is 2.76. The molecule has 0 radical (unpaired) electrons. The van der Waals surface area contributed by atoms with Gasteiger partial charge in [0.2, 0.25) is 0 Å². The third-order valence-corrected chi connectivity index (χ3v) is 4.11. The normalized spacial score (nSPS) is 16.2. The molecule has 0 N–H and O–H groups in total. The van der Waals surface area contributed by atoms with Crippen molar-refractivity contribution in [1.29, 1.82) is 0 Å². The van der Waals surface area contributed by atoms with Gasteiger partial charge in [-0.3, -0.25) is 4.90 Å². The third-order valence-electron chi connectivity index (χ3n) is 3.86. The monoisotopic (exact) mass is 302 g/mol. The third kappa shape index (κ3) is 3.52. The van der Waals surface area contributed by atoms with Crippen LogP contribution < -0.4 is 4.90 Å². The zero-order valence-electron chi connectivity index (χ0n) is 12.2. The van der Waals surface area contributed by atoms with Gasteiger partial charge in [-0.1, -0.05) is 23.7 Å². The molecule has 5 heteroatoms. The van der Waals surface area contributed by atoms with Crippen LogP contribution in [0.2, 0.25) is 5.02 Å². The molecule has 0 aliphatic carbocycles. The highest BCUT2D eigenvalue weighted by Gasteiger charge is 2.19. The van der Waals surface area contributed by atoms with E-state index in [1.54, 1.807) is 6.33 Å². The summed E-state index contributed by atoms with van der Waals surface area (Å²) < 4.78 is 0. The van der Waals surface area contributed by atoms with Crippen LogP contribution >= 0.6 is 11.6 Å². The summed E-state index contributed by atoms with van der Waals surface area (Å²) in [5, 5.41) is 0.794. The number of piperazine rings is 1. The molecule has 1 aliphatic heterocycles. The van der Waals surface area contributed by atoms with Crippen molar-refractivity contribution < 1.29 is 0 Å². The van der Waals surface area contributed by atoms with Crippen molar-refractivity contribution in [2.75, 3.05) is 31.1 Å². The minimum absolute atomic E-state index is 0.794. The van der Waals surface area contributed by atoms with Gasteiger partial charge in [-0.05, 0) is 24.6 Å². The number of hydrogen-bond donors (Lipinski definition) is 0. The largest absolute Gasteiger partial charge is 0.354 e. The van der Waals surface area contributed by atoms with Gasteiger partial charge in [0.1, 0.15) is 12.1 Å². The lowest BCUT2D eigenvalue weighted by Gasteiger charge is -2.35. The summed E-state index contributed by atoms with van der Waals surface area (Å²) in [7, 11) is 0. The van der Waals surface area contributed by atoms with Crippen LogP contribution in [0.25, 0.3) is 0 Å². The number of anilines is 1. The second-order valence-corrected chi connectivity index (χ2v) is 5.86. The van der Waals surface area contributed by atoms with E-state index in [1.807, 2.05) is 18.3 Å². The number of rotatable bonds is 3. The molecular weight excluding hydrogens is 284 g/mol. The molecule has 0 spiro atoms. The van der Waals surface area contributed by atoms with Crippen LogP contribution in [0.5, 0.6) is 0 Å². The SMILES string of the molecule is Cc1cncnc1N1CCN(Cc2ccc(Cl)cc2)CC1. The van der Waals surface area contributed by atoms with E-state index >= 15 is 0 Å². The van der Waals surface area contributed by atoms with Crippen molar-refractivity contribution >= 4 is 17.4 Å². The molecule has 1 fully saturated rings. The van der Waals surface area contributed by atoms with Gasteiger partial charge in [0.25, 0.3) is 0 Å². The number of hydrogen-bond acceptors (Lipinski definition) is 4. The van der Waals surface area contributed by atoms with Crippen LogP contribution in [0.4, 0.5) is 5.82 Å². The summed E-state index contributed by atoms with van der Waals surface area (Å²) in [5.41, 5.74) is 2.45. The molecule has 0 atom stereocenters. The standard InChI is InChI=1S/C16H19ClN4/c1-13-10-18-12-19-16(13)21-8-6-20(7-9-21)11-14-2-4-15(17)5-3-14/h2-5,10,12H,6-9,11H2,1H3. The van der Waals surface area contributed by atoms with Gasteiger partial charge in [-0.15, -0.1) is 0 Å². The van der Waals surface area contributed by atoms with Crippen LogP contribution in [0.1, 0.15) is 11.1 Å². The Morgan fingerprint density at radius 3 is 2.48 bits per heavy atom. The van der Waals surface area contributed by atoms with E-state index in [0.717, 1.165) is 49.1 Å². The zero-order chi connectivity index (χ0) is 14.7. The highest BCUT2D eigenvalue weighted by Crippen LogP contribution is 2.18. The van der Waals surface area contributed by atoms with E-state index < -0.39 is 0 Å². The van der Waals surface area contributed by atoms with Gasteiger partial charge < -0.3 is 4.90 Å². The van der Waals surface area contributed by atoms with Gasteiger partial charge in [-0.2, -0.15) is 0 Å². The van der Waals surface area contributed by atoms with Crippen molar-refractivity contribution in [3.05, 3.63) is 52.9 Å². The molecule has 0 unspecified atom stereocenters. The summed E-state index contributed by atoms with van der Waals surface area (Å²) >= 11 is 5.92. The molecule has 4 nitrogen and oxygen atoms in total. The van der Waals surface area contributed by atoms with Crippen LogP contribution in [-0.4, -0.2) is 41.0 Å². The maximum Gasteiger partial charge on any atom is 0.134 e. The van der Waals surface area contributed by atoms with Crippen molar-refractivity contribution in [3.63, 3.8) is 0 Å². The summed E-state index contributed by atoms with van der Waals surface area (Å²) in [4.78, 5) is 13.3. The van der Waals surface area contributed by atoms with E-state index in [9.17, 15) is 0 Å². The highest BCUT2D eigenvalue weighted by atomic mass is 35.5. The molecule has 1 saturated heterocycles. The molecule has 110 valence electrons. The van der Waals surface area contributed by atoms with Crippen LogP contribution in [0.3, 0.4) is 0 Å². The van der Waals surface area contributed by atoms with Gasteiger partial charge in [-0.25, -0.2) is 9.97 Å². The van der Waals surface area contributed by atoms with Crippen molar-refractivity contribution in [3.8, 4) is 0 Å². The Morgan fingerprint density at radius 2 is 1.81 bits per heavy atom. The fraction of sp³-hybridized carbons (Fsp3) is 0.375. The van der Waals surface area contributed by atoms with Crippen molar-refractivity contribution in [2.45, 2.75) is 13.5 Å². The number of benzene rings is 1. The smallest absolute Gasteiger partial charge is 0.134 e. The van der Waals surface area contributed by atoms with Crippen LogP contribution in [0.15, 0.2) is 36.8 Å². The predicted molar refractivity (Wildman–Crippen MR) is 85.7 cm³/mol. The first-order valence-corrected chi connectivity index (χ1v) is 7.58. The minimum Gasteiger partial charge on any atom is -0.354 e. The van der Waals surface area contributed by atoms with Crippen LogP contribution in [-0.2, 0) is 6.54 Å². The molecule has 1 aliphatic rings. The van der Waals surface area contributed by atoms with E-state index in [1.165, 1.54) is 5.56 Å². The quantitative estimate of drug-likeness (QED) is 0.873. The van der Waals surface area contributed by atoms with E-state index in [4.69, 9.17) is 11.6 Å². The summed E-state index contributed by atoms with van der Waals surface area (Å²) in [5.74, 6) is 1.07. The van der Waals surface area contributed by atoms with E-state index in [-0.39, 0.29) is 0 Å². The molecule has 21 heavy (non-hydrogen) atoms. The Balaban J connectivity index is 1.58. The van der Waals surface area contributed by atoms with Gasteiger partial charge in [0.05, 0.1) is 0 Å². The lowest BCUT2D eigenvalue weighted by atomic mass is 10.2. The summed E-state index contributed by atoms with van der Waals surface area (Å²) in [6.45, 7) is 7.15. The highest BCUT2D eigenvalue weighted by molar-refractivity contribution is 6.30. The maximum absolute atomic E-state index is 5.92. The number of nitrogens with zero attached hydrogens (tertiary/aromatic N) is 4. The summed E-state index contributed by atoms with van der Waals surface area (Å²) in [6.07, 6.45) is 3.50. The molecular formula is C16H19ClN4. The second kappa shape index (κ2) is 6.41. The van der Waals surface area contributed by atoms with E-state index in [2.05, 4.69) is 38.8 Å². The van der Waals surface area contributed by atoms with Crippen molar-refractivity contribution in [1.82, 2.24) is 14.9 Å². The van der Waals surface area contributed by atoms with E-state index in [0.29, 0.717) is 0 Å². The maximum atomic E-state index is 5.92. The molecule has 2 aromatic rings. The number of aryl methyl sites for hydroxylation is 1. The fourth-order valence-electron chi connectivity index (χ4n) is 2.69. The summed E-state index contributed by atoms with van der Waals surface area (Å²) in [6, 6.07) is 8.11. The first kappa shape index (κ1) is 14.3. The van der Waals surface area contributed by atoms with Gasteiger partial charge in [0.15, 0.2) is 0 Å². The first-order valence-electron chi connectivity index (χ1n) is 7.21. The Morgan fingerprint density at radius 1 is 1.10 bits per heavy atom. The topological polar surface area (TPSA) is 32.3 Å². The molecule has 0 amide bonds. The Bertz CT molecular complexity index is 591. The lowest BCUT2D eigenvalue weighted by Crippen LogP contribution is -2.46. The Hall–Kier alpha value is -1.65. The minimum atomic E-state index is 0.794. The number of aromatic nitrogens is 2.